The smallest absolute Gasteiger partial charge is 0.314 e. The molecule has 1 unspecified atom stereocenters. The number of nitrogens with zero attached hydrogens (tertiary/aromatic N) is 1. The van der Waals surface area contributed by atoms with Gasteiger partial charge >= 0.3 is 5.97 Å². The van der Waals surface area contributed by atoms with Crippen molar-refractivity contribution in [3.63, 3.8) is 0 Å². The molecular weight excluding hydrogens is 406 g/mol. The van der Waals surface area contributed by atoms with Crippen LogP contribution in [0.4, 0.5) is 0 Å². The lowest BCUT2D eigenvalue weighted by Crippen LogP contribution is -2.25. The number of aryl methyl sites for hydroxylation is 1. The van der Waals surface area contributed by atoms with Gasteiger partial charge in [-0.2, -0.15) is 5.26 Å². The van der Waals surface area contributed by atoms with E-state index in [9.17, 15) is 10.1 Å². The number of benzene rings is 2. The first kappa shape index (κ1) is 25.0. The minimum atomic E-state index is -0.189. The molecule has 3 rings (SSSR count). The number of hydrogen-bond acceptors (Lipinski definition) is 3. The standard InChI is InChI=1S/C30H39NO2/c1-4-6-7-8-23-9-12-25(13-10-23)26-14-16-27(17-15-26)30(32)33-29-18-11-24(19-22(3)5-2)20-28(29)21-31/h9-13,18,20,22,26-27H,4-8,14-17,19H2,1-3H3. The molecule has 0 bridgehead atoms. The average Bonchev–Trinajstić information content (AvgIpc) is 2.85. The first-order valence-corrected chi connectivity index (χ1v) is 12.9. The van der Waals surface area contributed by atoms with Gasteiger partial charge < -0.3 is 4.74 Å². The monoisotopic (exact) mass is 445 g/mol. The normalized spacial score (nSPS) is 19.0. The van der Waals surface area contributed by atoms with Crippen LogP contribution in [0.15, 0.2) is 42.5 Å². The van der Waals surface area contributed by atoms with Crippen molar-refractivity contribution in [3.05, 3.63) is 64.7 Å². The third-order valence-corrected chi connectivity index (χ3v) is 7.24. The Hall–Kier alpha value is -2.60. The molecule has 3 heteroatoms. The lowest BCUT2D eigenvalue weighted by molar-refractivity contribution is -0.140. The topological polar surface area (TPSA) is 50.1 Å². The van der Waals surface area contributed by atoms with Gasteiger partial charge in [0.05, 0.1) is 11.5 Å². The highest BCUT2D eigenvalue weighted by atomic mass is 16.5. The van der Waals surface area contributed by atoms with E-state index in [1.54, 1.807) is 6.07 Å². The first-order chi connectivity index (χ1) is 16.0. The molecule has 176 valence electrons. The van der Waals surface area contributed by atoms with E-state index in [1.165, 1.54) is 30.4 Å². The van der Waals surface area contributed by atoms with E-state index >= 15 is 0 Å². The molecule has 1 atom stereocenters. The Labute approximate surface area is 200 Å². The van der Waals surface area contributed by atoms with Crippen LogP contribution in [-0.2, 0) is 17.6 Å². The molecule has 33 heavy (non-hydrogen) atoms. The van der Waals surface area contributed by atoms with Crippen LogP contribution in [0.2, 0.25) is 0 Å². The quantitative estimate of drug-likeness (QED) is 0.213. The van der Waals surface area contributed by atoms with Crippen molar-refractivity contribution in [2.45, 2.75) is 90.9 Å². The van der Waals surface area contributed by atoms with Gasteiger partial charge in [-0.1, -0.05) is 70.4 Å². The van der Waals surface area contributed by atoms with Gasteiger partial charge in [-0.3, -0.25) is 4.79 Å². The fourth-order valence-electron chi connectivity index (χ4n) is 4.82. The predicted octanol–water partition coefficient (Wildman–Crippen LogP) is 7.76. The minimum absolute atomic E-state index is 0.0825. The second-order valence-corrected chi connectivity index (χ2v) is 9.83. The van der Waals surface area contributed by atoms with Crippen molar-refractivity contribution in [2.24, 2.45) is 11.8 Å². The molecule has 0 radical (unpaired) electrons. The molecule has 0 N–H and O–H groups in total. The molecule has 0 amide bonds. The summed E-state index contributed by atoms with van der Waals surface area (Å²) in [6.07, 6.45) is 10.7. The molecule has 1 aliphatic rings. The van der Waals surface area contributed by atoms with Crippen LogP contribution in [0.3, 0.4) is 0 Å². The summed E-state index contributed by atoms with van der Waals surface area (Å²) >= 11 is 0. The van der Waals surface area contributed by atoms with Crippen molar-refractivity contribution >= 4 is 5.97 Å². The molecule has 0 saturated heterocycles. The Balaban J connectivity index is 1.53. The predicted molar refractivity (Wildman–Crippen MR) is 134 cm³/mol. The van der Waals surface area contributed by atoms with Crippen LogP contribution in [0.5, 0.6) is 5.75 Å². The van der Waals surface area contributed by atoms with Gasteiger partial charge in [0, 0.05) is 0 Å². The number of ether oxygens (including phenoxy) is 1. The van der Waals surface area contributed by atoms with Gasteiger partial charge in [0.25, 0.3) is 0 Å². The Kier molecular flexibility index (Phi) is 9.55. The third-order valence-electron chi connectivity index (χ3n) is 7.24. The zero-order valence-electron chi connectivity index (χ0n) is 20.6. The van der Waals surface area contributed by atoms with Gasteiger partial charge in [-0.15, -0.1) is 0 Å². The zero-order chi connectivity index (χ0) is 23.6. The maximum atomic E-state index is 12.8. The number of esters is 1. The Bertz CT molecular complexity index is 933. The molecule has 0 aromatic heterocycles. The fraction of sp³-hybridized carbons (Fsp3) is 0.533. The highest BCUT2D eigenvalue weighted by Gasteiger charge is 2.29. The van der Waals surface area contributed by atoms with Gasteiger partial charge in [0.2, 0.25) is 0 Å². The molecule has 0 heterocycles. The molecule has 0 aliphatic heterocycles. The first-order valence-electron chi connectivity index (χ1n) is 12.9. The summed E-state index contributed by atoms with van der Waals surface area (Å²) < 4.78 is 5.70. The lowest BCUT2D eigenvalue weighted by Gasteiger charge is -2.27. The molecule has 1 aliphatic carbocycles. The Morgan fingerprint density at radius 2 is 1.73 bits per heavy atom. The summed E-state index contributed by atoms with van der Waals surface area (Å²) in [6.45, 7) is 6.62. The molecular formula is C30H39NO2. The zero-order valence-corrected chi connectivity index (χ0v) is 20.6. The van der Waals surface area contributed by atoms with Gasteiger partial charge in [-0.05, 0) is 85.6 Å². The fourth-order valence-corrected chi connectivity index (χ4v) is 4.82. The van der Waals surface area contributed by atoms with E-state index in [4.69, 9.17) is 4.74 Å². The molecule has 1 fully saturated rings. The van der Waals surface area contributed by atoms with Gasteiger partial charge in [0.15, 0.2) is 0 Å². The summed E-state index contributed by atoms with van der Waals surface area (Å²) in [5.41, 5.74) is 4.40. The molecule has 1 saturated carbocycles. The minimum Gasteiger partial charge on any atom is -0.425 e. The highest BCUT2D eigenvalue weighted by Crippen LogP contribution is 2.37. The molecule has 2 aromatic rings. The van der Waals surface area contributed by atoms with E-state index in [0.717, 1.165) is 50.5 Å². The summed E-state index contributed by atoms with van der Waals surface area (Å²) in [4.78, 5) is 12.8. The average molecular weight is 446 g/mol. The van der Waals surface area contributed by atoms with E-state index < -0.39 is 0 Å². The number of unbranched alkanes of at least 4 members (excludes halogenated alkanes) is 2. The number of hydrogen-bond donors (Lipinski definition) is 0. The summed E-state index contributed by atoms with van der Waals surface area (Å²) in [5, 5.41) is 9.56. The number of carbonyl (C=O) groups is 1. The highest BCUT2D eigenvalue weighted by molar-refractivity contribution is 5.76. The van der Waals surface area contributed by atoms with Crippen LogP contribution in [0, 0.1) is 23.2 Å². The van der Waals surface area contributed by atoms with E-state index in [-0.39, 0.29) is 11.9 Å². The second kappa shape index (κ2) is 12.6. The number of nitriles is 1. The lowest BCUT2D eigenvalue weighted by atomic mass is 9.78. The van der Waals surface area contributed by atoms with Gasteiger partial charge in [-0.25, -0.2) is 0 Å². The van der Waals surface area contributed by atoms with E-state index in [2.05, 4.69) is 51.1 Å². The molecule has 0 spiro atoms. The van der Waals surface area contributed by atoms with Crippen LogP contribution in [0.1, 0.15) is 100 Å². The number of carbonyl (C=O) groups excluding carboxylic acids is 1. The molecule has 2 aromatic carbocycles. The number of rotatable bonds is 10. The van der Waals surface area contributed by atoms with E-state index in [0.29, 0.717) is 23.1 Å². The largest absolute Gasteiger partial charge is 0.425 e. The Morgan fingerprint density at radius 1 is 1.03 bits per heavy atom. The SMILES string of the molecule is CCCCCc1ccc(C2CCC(C(=O)Oc3ccc(CC(C)CC)cc3C#N)CC2)cc1. The van der Waals surface area contributed by atoms with E-state index in [1.807, 2.05) is 12.1 Å². The summed E-state index contributed by atoms with van der Waals surface area (Å²) in [6, 6.07) is 17.0. The van der Waals surface area contributed by atoms with Crippen molar-refractivity contribution in [1.29, 1.82) is 5.26 Å². The van der Waals surface area contributed by atoms with Crippen molar-refractivity contribution < 1.29 is 9.53 Å². The summed E-state index contributed by atoms with van der Waals surface area (Å²) in [7, 11) is 0. The van der Waals surface area contributed by atoms with Gasteiger partial charge in [0.1, 0.15) is 11.8 Å². The molecule has 3 nitrogen and oxygen atoms in total. The van der Waals surface area contributed by atoms with Crippen molar-refractivity contribution in [3.8, 4) is 11.8 Å². The maximum absolute atomic E-state index is 12.8. The maximum Gasteiger partial charge on any atom is 0.314 e. The van der Waals surface area contributed by atoms with Crippen LogP contribution < -0.4 is 4.74 Å². The van der Waals surface area contributed by atoms with Crippen molar-refractivity contribution in [2.75, 3.05) is 0 Å². The third kappa shape index (κ3) is 7.19. The van der Waals surface area contributed by atoms with Crippen LogP contribution in [0.25, 0.3) is 0 Å². The second-order valence-electron chi connectivity index (χ2n) is 9.83. The van der Waals surface area contributed by atoms with Crippen molar-refractivity contribution in [1.82, 2.24) is 0 Å². The summed E-state index contributed by atoms with van der Waals surface area (Å²) in [5.74, 6) is 1.22. The Morgan fingerprint density at radius 3 is 2.36 bits per heavy atom. The van der Waals surface area contributed by atoms with Crippen LogP contribution in [-0.4, -0.2) is 5.97 Å². The van der Waals surface area contributed by atoms with Crippen LogP contribution >= 0.6 is 0 Å².